The number of benzene rings is 1. The third-order valence-electron chi connectivity index (χ3n) is 4.60. The molecule has 25 heavy (non-hydrogen) atoms. The summed E-state index contributed by atoms with van der Waals surface area (Å²) < 4.78 is 0. The molecule has 0 aromatic heterocycles. The monoisotopic (exact) mass is 345 g/mol. The minimum Gasteiger partial charge on any atom is -0.355 e. The summed E-state index contributed by atoms with van der Waals surface area (Å²) in [6.07, 6.45) is 3.88. The van der Waals surface area contributed by atoms with Crippen LogP contribution in [0, 0.1) is 0 Å². The summed E-state index contributed by atoms with van der Waals surface area (Å²) in [5.41, 5.74) is 0.855. The largest absolute Gasteiger partial charge is 0.355 e. The molecule has 0 unspecified atom stereocenters. The lowest BCUT2D eigenvalue weighted by atomic mass is 9.98. The second-order valence-electron chi connectivity index (χ2n) is 7.05. The zero-order chi connectivity index (χ0) is 18.1. The van der Waals surface area contributed by atoms with Gasteiger partial charge in [-0.1, -0.05) is 24.6 Å². The fraction of sp³-hybridized carbons (Fsp3) is 0.579. The molecule has 0 radical (unpaired) electrons. The van der Waals surface area contributed by atoms with Gasteiger partial charge in [0.1, 0.15) is 0 Å². The number of likely N-dealkylation sites (tertiary alicyclic amines) is 1. The molecule has 6 heteroatoms. The van der Waals surface area contributed by atoms with Crippen molar-refractivity contribution in [1.29, 1.82) is 0 Å². The molecule has 3 N–H and O–H groups in total. The number of para-hydroxylation sites is 1. The van der Waals surface area contributed by atoms with Crippen LogP contribution in [0.1, 0.15) is 33.1 Å². The smallest absolute Gasteiger partial charge is 0.243 e. The van der Waals surface area contributed by atoms with Crippen LogP contribution in [0.15, 0.2) is 35.3 Å². The Kier molecular flexibility index (Phi) is 7.25. The SMILES string of the molecule is CN=C(NCC(=O)Nc1ccccc1)NCC(C)(C)N1CCCCC1. The van der Waals surface area contributed by atoms with Gasteiger partial charge in [-0.2, -0.15) is 0 Å². The van der Waals surface area contributed by atoms with Crippen molar-refractivity contribution in [1.82, 2.24) is 15.5 Å². The normalized spacial score (nSPS) is 16.4. The van der Waals surface area contributed by atoms with E-state index in [1.165, 1.54) is 19.3 Å². The molecule has 2 rings (SSSR count). The molecule has 138 valence electrons. The average molecular weight is 345 g/mol. The summed E-state index contributed by atoms with van der Waals surface area (Å²) in [4.78, 5) is 18.8. The number of rotatable bonds is 6. The molecule has 0 bridgehead atoms. The number of piperidine rings is 1. The third-order valence-corrected chi connectivity index (χ3v) is 4.60. The van der Waals surface area contributed by atoms with Crippen LogP contribution in [-0.2, 0) is 4.79 Å². The van der Waals surface area contributed by atoms with Crippen molar-refractivity contribution in [3.8, 4) is 0 Å². The molecule has 1 fully saturated rings. The minimum absolute atomic E-state index is 0.0599. The summed E-state index contributed by atoms with van der Waals surface area (Å²) in [6, 6.07) is 9.44. The van der Waals surface area contributed by atoms with Crippen molar-refractivity contribution < 1.29 is 4.79 Å². The number of guanidine groups is 1. The van der Waals surface area contributed by atoms with E-state index in [1.54, 1.807) is 7.05 Å². The van der Waals surface area contributed by atoms with Gasteiger partial charge >= 0.3 is 0 Å². The van der Waals surface area contributed by atoms with E-state index in [-0.39, 0.29) is 18.0 Å². The second kappa shape index (κ2) is 9.42. The highest BCUT2D eigenvalue weighted by atomic mass is 16.1. The first-order valence-electron chi connectivity index (χ1n) is 9.06. The first kappa shape index (κ1) is 19.2. The van der Waals surface area contributed by atoms with E-state index in [4.69, 9.17) is 0 Å². The zero-order valence-electron chi connectivity index (χ0n) is 15.6. The van der Waals surface area contributed by atoms with Crippen LogP contribution in [0.2, 0.25) is 0 Å². The van der Waals surface area contributed by atoms with Gasteiger partial charge in [0.15, 0.2) is 5.96 Å². The van der Waals surface area contributed by atoms with Crippen molar-refractivity contribution in [3.63, 3.8) is 0 Å². The molecule has 1 saturated heterocycles. The van der Waals surface area contributed by atoms with E-state index in [9.17, 15) is 4.79 Å². The van der Waals surface area contributed by atoms with E-state index < -0.39 is 0 Å². The topological polar surface area (TPSA) is 68.8 Å². The molecule has 6 nitrogen and oxygen atoms in total. The highest BCUT2D eigenvalue weighted by Gasteiger charge is 2.27. The first-order chi connectivity index (χ1) is 12.0. The summed E-state index contributed by atoms with van der Waals surface area (Å²) in [6.45, 7) is 7.77. The molecule has 1 aromatic carbocycles. The third kappa shape index (κ3) is 6.38. The predicted octanol–water partition coefficient (Wildman–Crippen LogP) is 2.05. The van der Waals surface area contributed by atoms with Gasteiger partial charge in [0.05, 0.1) is 6.54 Å². The Balaban J connectivity index is 1.75. The quantitative estimate of drug-likeness (QED) is 0.545. The van der Waals surface area contributed by atoms with Gasteiger partial charge in [0.25, 0.3) is 0 Å². The number of anilines is 1. The highest BCUT2D eigenvalue weighted by molar-refractivity contribution is 5.94. The maximum Gasteiger partial charge on any atom is 0.243 e. The van der Waals surface area contributed by atoms with Crippen molar-refractivity contribution >= 4 is 17.6 Å². The summed E-state index contributed by atoms with van der Waals surface area (Å²) in [5, 5.41) is 9.27. The fourth-order valence-electron chi connectivity index (χ4n) is 3.02. The van der Waals surface area contributed by atoms with Crippen LogP contribution in [0.5, 0.6) is 0 Å². The number of carbonyl (C=O) groups excluding carboxylic acids is 1. The molecule has 0 atom stereocenters. The molecule has 1 aliphatic heterocycles. The van der Waals surface area contributed by atoms with Gasteiger partial charge in [-0.25, -0.2) is 0 Å². The van der Waals surface area contributed by atoms with Crippen LogP contribution in [-0.4, -0.2) is 55.5 Å². The predicted molar refractivity (Wildman–Crippen MR) is 104 cm³/mol. The first-order valence-corrected chi connectivity index (χ1v) is 9.06. The highest BCUT2D eigenvalue weighted by Crippen LogP contribution is 2.19. The molecule has 1 heterocycles. The van der Waals surface area contributed by atoms with Gasteiger partial charge in [-0.3, -0.25) is 14.7 Å². The van der Waals surface area contributed by atoms with Crippen molar-refractivity contribution in [2.75, 3.05) is 38.5 Å². The van der Waals surface area contributed by atoms with Crippen molar-refractivity contribution in [2.24, 2.45) is 4.99 Å². The molecule has 0 aliphatic carbocycles. The molecule has 0 spiro atoms. The molecule has 1 aromatic rings. The van der Waals surface area contributed by atoms with Gasteiger partial charge in [-0.05, 0) is 51.9 Å². The van der Waals surface area contributed by atoms with Gasteiger partial charge in [-0.15, -0.1) is 0 Å². The zero-order valence-corrected chi connectivity index (χ0v) is 15.6. The number of aliphatic imine (C=N–C) groups is 1. The standard InChI is InChI=1S/C19H31N5O/c1-19(2,24-12-8-5-9-13-24)15-22-18(20-3)21-14-17(25)23-16-10-6-4-7-11-16/h4,6-7,10-11H,5,8-9,12-15H2,1-3H3,(H,23,25)(H2,20,21,22). The van der Waals surface area contributed by atoms with Gasteiger partial charge < -0.3 is 16.0 Å². The Bertz CT molecular complexity index is 564. The van der Waals surface area contributed by atoms with E-state index in [0.717, 1.165) is 25.3 Å². The Hall–Kier alpha value is -2.08. The Morgan fingerprint density at radius 2 is 1.80 bits per heavy atom. The van der Waals surface area contributed by atoms with Crippen LogP contribution in [0.3, 0.4) is 0 Å². The number of hydrogen-bond acceptors (Lipinski definition) is 3. The van der Waals surface area contributed by atoms with Gasteiger partial charge in [0.2, 0.25) is 5.91 Å². The maximum atomic E-state index is 12.0. The average Bonchev–Trinajstić information content (AvgIpc) is 2.63. The lowest BCUT2D eigenvalue weighted by Crippen LogP contribution is -2.55. The van der Waals surface area contributed by atoms with Gasteiger partial charge in [0, 0.05) is 24.8 Å². The molecular formula is C19H31N5O. The second-order valence-corrected chi connectivity index (χ2v) is 7.05. The molecule has 1 amide bonds. The van der Waals surface area contributed by atoms with Crippen molar-refractivity contribution in [3.05, 3.63) is 30.3 Å². The number of carbonyl (C=O) groups is 1. The number of amides is 1. The lowest BCUT2D eigenvalue weighted by molar-refractivity contribution is -0.115. The molecule has 0 saturated carbocycles. The summed E-state index contributed by atoms with van der Waals surface area (Å²) in [7, 11) is 1.72. The number of nitrogens with one attached hydrogen (secondary N) is 3. The van der Waals surface area contributed by atoms with E-state index >= 15 is 0 Å². The fourth-order valence-corrected chi connectivity index (χ4v) is 3.02. The molecular weight excluding hydrogens is 314 g/mol. The maximum absolute atomic E-state index is 12.0. The van der Waals surface area contributed by atoms with Crippen LogP contribution in [0.25, 0.3) is 0 Å². The summed E-state index contributed by atoms with van der Waals surface area (Å²) in [5.74, 6) is 0.553. The Morgan fingerprint density at radius 1 is 1.12 bits per heavy atom. The van der Waals surface area contributed by atoms with Crippen LogP contribution < -0.4 is 16.0 Å². The lowest BCUT2D eigenvalue weighted by Gasteiger charge is -2.41. The molecule has 1 aliphatic rings. The Morgan fingerprint density at radius 3 is 2.44 bits per heavy atom. The summed E-state index contributed by atoms with van der Waals surface area (Å²) >= 11 is 0. The van der Waals surface area contributed by atoms with Crippen LogP contribution in [0.4, 0.5) is 5.69 Å². The van der Waals surface area contributed by atoms with E-state index in [1.807, 2.05) is 30.3 Å². The van der Waals surface area contributed by atoms with Crippen LogP contribution >= 0.6 is 0 Å². The number of nitrogens with zero attached hydrogens (tertiary/aromatic N) is 2. The van der Waals surface area contributed by atoms with E-state index in [2.05, 4.69) is 39.7 Å². The van der Waals surface area contributed by atoms with E-state index in [0.29, 0.717) is 5.96 Å². The number of hydrogen-bond donors (Lipinski definition) is 3. The van der Waals surface area contributed by atoms with Crippen molar-refractivity contribution in [2.45, 2.75) is 38.6 Å². The Labute approximate surface area is 151 Å². The minimum atomic E-state index is -0.0931.